The van der Waals surface area contributed by atoms with Gasteiger partial charge < -0.3 is 0 Å². The van der Waals surface area contributed by atoms with Crippen molar-refractivity contribution < 1.29 is 15.9 Å². The monoisotopic (exact) mass is 490 g/mol. The summed E-state index contributed by atoms with van der Waals surface area (Å²) in [5.74, 6) is 4.48. The average molecular weight is 492 g/mol. The van der Waals surface area contributed by atoms with E-state index in [4.69, 9.17) is 19.1 Å². The normalized spacial score (nSPS) is 22.6. The van der Waals surface area contributed by atoms with Crippen LogP contribution in [0.3, 0.4) is 0 Å². The number of benzene rings is 2. The Kier molecular flexibility index (Phi) is 7.49. The van der Waals surface area contributed by atoms with Gasteiger partial charge in [-0.1, -0.05) is 58.7 Å². The number of rotatable bonds is 2. The van der Waals surface area contributed by atoms with E-state index in [2.05, 4.69) is 76.9 Å². The van der Waals surface area contributed by atoms with E-state index < -0.39 is 0 Å². The Balaban J connectivity index is 0.000000659. The minimum absolute atomic E-state index is 0.106. The summed E-state index contributed by atoms with van der Waals surface area (Å²) in [5, 5.41) is 0. The first-order valence-corrected chi connectivity index (χ1v) is 13.3. The standard InChI is InChI=1S/C24H26.2ClH.Pd/c1-15-9-16(2)12-19(11-15)21-5-7-24-22(6-8-23(21)24)20-13-17(3)10-18(4)14-20;;;/h5-6,9-14,23-24H,7-8H2,1-4H3;2*1H;/q;;;+2/p-2/t23-,24-;;;/m1.../s1. The fourth-order valence-electron chi connectivity index (χ4n) is 4.77. The van der Waals surface area contributed by atoms with Gasteiger partial charge in [-0.3, -0.25) is 0 Å². The number of halogens is 2. The van der Waals surface area contributed by atoms with Crippen molar-refractivity contribution in [3.63, 3.8) is 0 Å². The predicted octanol–water partition coefficient (Wildman–Crippen LogP) is 7.29. The Labute approximate surface area is 181 Å². The molecule has 4 radical (unpaired) electrons. The molecule has 2 saturated carbocycles. The van der Waals surface area contributed by atoms with E-state index in [0.717, 1.165) is 0 Å². The second kappa shape index (κ2) is 9.45. The van der Waals surface area contributed by atoms with Crippen molar-refractivity contribution in [1.82, 2.24) is 0 Å². The van der Waals surface area contributed by atoms with Crippen molar-refractivity contribution in [3.05, 3.63) is 94.5 Å². The fourth-order valence-corrected chi connectivity index (χ4v) is 4.77. The number of aryl methyl sites for hydroxylation is 4. The van der Waals surface area contributed by atoms with Crippen LogP contribution in [0.25, 0.3) is 0 Å². The second-order valence-corrected chi connectivity index (χ2v) is 10.2. The minimum atomic E-state index is -0.106. The first-order chi connectivity index (χ1) is 12.9. The van der Waals surface area contributed by atoms with Crippen molar-refractivity contribution in [2.24, 2.45) is 11.8 Å². The molecule has 0 aromatic heterocycles. The molecule has 4 rings (SSSR count). The molecule has 2 aliphatic carbocycles. The van der Waals surface area contributed by atoms with Crippen molar-refractivity contribution in [2.75, 3.05) is 0 Å². The maximum absolute atomic E-state index is 4.81. The first-order valence-electron chi connectivity index (χ1n) is 9.32. The molecular formula is C24H26Cl2Pd. The van der Waals surface area contributed by atoms with Crippen LogP contribution in [-0.2, 0) is 15.9 Å². The van der Waals surface area contributed by atoms with Crippen molar-refractivity contribution in [2.45, 2.75) is 40.5 Å². The van der Waals surface area contributed by atoms with Crippen molar-refractivity contribution >= 4 is 19.1 Å². The van der Waals surface area contributed by atoms with Crippen LogP contribution >= 0.6 is 19.1 Å². The van der Waals surface area contributed by atoms with E-state index in [1.807, 2.05) is 0 Å². The van der Waals surface area contributed by atoms with Gasteiger partial charge in [0.2, 0.25) is 0 Å². The molecule has 3 heteroatoms. The van der Waals surface area contributed by atoms with Crippen LogP contribution in [0.1, 0.15) is 46.2 Å². The van der Waals surface area contributed by atoms with Crippen LogP contribution in [0.15, 0.2) is 36.4 Å². The summed E-state index contributed by atoms with van der Waals surface area (Å²) in [4.78, 5) is 0. The quantitative estimate of drug-likeness (QED) is 0.387. The van der Waals surface area contributed by atoms with Crippen LogP contribution in [0.2, 0.25) is 0 Å². The van der Waals surface area contributed by atoms with Gasteiger partial charge in [-0.25, -0.2) is 0 Å². The summed E-state index contributed by atoms with van der Waals surface area (Å²) in [6.45, 7) is 8.82. The van der Waals surface area contributed by atoms with Gasteiger partial charge in [-0.05, 0) is 76.3 Å². The molecule has 2 aliphatic rings. The molecular weight excluding hydrogens is 466 g/mol. The van der Waals surface area contributed by atoms with Gasteiger partial charge in [0, 0.05) is 11.8 Å². The molecule has 2 fully saturated rings. The Morgan fingerprint density at radius 1 is 0.630 bits per heavy atom. The van der Waals surface area contributed by atoms with E-state index in [9.17, 15) is 0 Å². The van der Waals surface area contributed by atoms with Crippen LogP contribution in [0.5, 0.6) is 0 Å². The molecule has 2 aromatic carbocycles. The van der Waals surface area contributed by atoms with E-state index in [0.29, 0.717) is 11.8 Å². The van der Waals surface area contributed by atoms with E-state index in [1.165, 1.54) is 46.2 Å². The van der Waals surface area contributed by atoms with Crippen LogP contribution in [0, 0.1) is 64.2 Å². The molecule has 0 N–H and O–H groups in total. The average Bonchev–Trinajstić information content (AvgIpc) is 3.15. The third-order valence-corrected chi connectivity index (χ3v) is 5.58. The summed E-state index contributed by atoms with van der Waals surface area (Å²) >= 11 is -0.106. The van der Waals surface area contributed by atoms with Gasteiger partial charge in [-0.2, -0.15) is 0 Å². The molecule has 2 aromatic rings. The van der Waals surface area contributed by atoms with Crippen LogP contribution in [0.4, 0.5) is 0 Å². The summed E-state index contributed by atoms with van der Waals surface area (Å²) in [6.07, 6.45) is 7.37. The predicted molar refractivity (Wildman–Crippen MR) is 113 cm³/mol. The van der Waals surface area contributed by atoms with Gasteiger partial charge >= 0.3 is 35.0 Å². The number of hydrogen-bond acceptors (Lipinski definition) is 0. The zero-order valence-corrected chi connectivity index (χ0v) is 19.3. The number of hydrogen-bond donors (Lipinski definition) is 0. The molecule has 0 spiro atoms. The molecule has 0 heterocycles. The van der Waals surface area contributed by atoms with Gasteiger partial charge in [0.15, 0.2) is 0 Å². The molecule has 0 unspecified atom stereocenters. The molecule has 2 atom stereocenters. The van der Waals surface area contributed by atoms with Crippen LogP contribution < -0.4 is 0 Å². The molecule has 146 valence electrons. The zero-order valence-electron chi connectivity index (χ0n) is 16.3. The third kappa shape index (κ3) is 5.00. The van der Waals surface area contributed by atoms with Crippen LogP contribution in [-0.4, -0.2) is 0 Å². The van der Waals surface area contributed by atoms with E-state index in [-0.39, 0.29) is 15.9 Å². The first kappa shape index (κ1) is 21.4. The SMILES string of the molecule is Cc1cc(C)cc([C]2[CH]C[C@@H]3[C](c4cc(C)cc(C)c4)[CH]C[C@H]23)c1.[Cl][Pd][Cl]. The van der Waals surface area contributed by atoms with Crippen molar-refractivity contribution in [1.29, 1.82) is 0 Å². The molecule has 0 saturated heterocycles. The van der Waals surface area contributed by atoms with Gasteiger partial charge in [0.05, 0.1) is 0 Å². The molecule has 27 heavy (non-hydrogen) atoms. The third-order valence-electron chi connectivity index (χ3n) is 5.58. The molecule has 0 bridgehead atoms. The fraction of sp³-hybridized carbons (Fsp3) is 0.333. The Morgan fingerprint density at radius 3 is 1.22 bits per heavy atom. The molecule has 0 aliphatic heterocycles. The summed E-state index contributed by atoms with van der Waals surface area (Å²) < 4.78 is 0. The van der Waals surface area contributed by atoms with E-state index in [1.54, 1.807) is 11.8 Å². The van der Waals surface area contributed by atoms with Crippen molar-refractivity contribution in [3.8, 4) is 0 Å². The molecule has 0 nitrogen and oxygen atoms in total. The maximum atomic E-state index is 4.81. The Bertz CT molecular complexity index is 680. The number of fused-ring (bicyclic) bond motifs is 1. The summed E-state index contributed by atoms with van der Waals surface area (Å²) in [6, 6.07) is 14.0. The Hall–Kier alpha value is -0.318. The summed E-state index contributed by atoms with van der Waals surface area (Å²) in [5.41, 5.74) is 8.36. The second-order valence-electron chi connectivity index (χ2n) is 7.80. The zero-order chi connectivity index (χ0) is 19.6. The summed E-state index contributed by atoms with van der Waals surface area (Å²) in [7, 11) is 9.63. The topological polar surface area (TPSA) is 0 Å². The Morgan fingerprint density at radius 2 is 0.926 bits per heavy atom. The van der Waals surface area contributed by atoms with Gasteiger partial charge in [0.1, 0.15) is 0 Å². The van der Waals surface area contributed by atoms with Gasteiger partial charge in [-0.15, -0.1) is 0 Å². The van der Waals surface area contributed by atoms with Gasteiger partial charge in [0.25, 0.3) is 0 Å². The van der Waals surface area contributed by atoms with E-state index >= 15 is 0 Å². The molecule has 0 amide bonds.